The molecule has 9 nitrogen and oxygen atoms in total. The highest BCUT2D eigenvalue weighted by Gasteiger charge is 2.16. The fourth-order valence-electron chi connectivity index (χ4n) is 3.90. The standard InChI is InChI=1S/C22H27N7O2/c1-7-29(8-11-30-9-1)20-3-2-16(13-26-20)18-12-19-21(25-5-4-24-19)22(28-18)27-15-17-14-23-6-10-31-17/h2-5,12-13,17,23H,1,6-11,14-15H2,(H,27,28). The number of ether oxygens (including phenoxy) is 2. The summed E-state index contributed by atoms with van der Waals surface area (Å²) in [6, 6.07) is 6.08. The Kier molecular flexibility index (Phi) is 6.15. The highest BCUT2D eigenvalue weighted by atomic mass is 16.5. The molecule has 2 aliphatic rings. The second-order valence-corrected chi connectivity index (χ2v) is 7.72. The van der Waals surface area contributed by atoms with Crippen molar-refractivity contribution in [2.75, 3.05) is 62.8 Å². The summed E-state index contributed by atoms with van der Waals surface area (Å²) < 4.78 is 11.3. The molecule has 2 saturated heterocycles. The van der Waals surface area contributed by atoms with Crippen LogP contribution in [0.1, 0.15) is 6.42 Å². The van der Waals surface area contributed by atoms with Crippen LogP contribution >= 0.6 is 0 Å². The van der Waals surface area contributed by atoms with Crippen molar-refractivity contribution in [3.05, 3.63) is 36.8 Å². The molecule has 0 amide bonds. The summed E-state index contributed by atoms with van der Waals surface area (Å²) in [6.45, 7) is 6.47. The summed E-state index contributed by atoms with van der Waals surface area (Å²) in [5, 5.41) is 6.76. The van der Waals surface area contributed by atoms with Crippen LogP contribution in [0.5, 0.6) is 0 Å². The molecular formula is C22H27N7O2. The predicted octanol–water partition coefficient (Wildman–Crippen LogP) is 1.71. The number of morpholine rings is 1. The topological polar surface area (TPSA) is 97.3 Å². The van der Waals surface area contributed by atoms with Crippen LogP contribution in [0.2, 0.25) is 0 Å². The zero-order valence-corrected chi connectivity index (χ0v) is 17.5. The van der Waals surface area contributed by atoms with E-state index in [9.17, 15) is 0 Å². The smallest absolute Gasteiger partial charge is 0.154 e. The van der Waals surface area contributed by atoms with Crippen molar-refractivity contribution >= 4 is 22.7 Å². The van der Waals surface area contributed by atoms with Crippen molar-refractivity contribution in [1.82, 2.24) is 25.3 Å². The average Bonchev–Trinajstić information content (AvgIpc) is 3.13. The number of rotatable bonds is 5. The van der Waals surface area contributed by atoms with Crippen LogP contribution in [0, 0.1) is 0 Å². The fourth-order valence-corrected chi connectivity index (χ4v) is 3.90. The molecule has 0 radical (unpaired) electrons. The molecule has 2 aliphatic heterocycles. The van der Waals surface area contributed by atoms with Crippen LogP contribution in [0.4, 0.5) is 11.6 Å². The monoisotopic (exact) mass is 421 g/mol. The highest BCUT2D eigenvalue weighted by Crippen LogP contribution is 2.26. The molecule has 3 aromatic heterocycles. The fraction of sp³-hybridized carbons (Fsp3) is 0.455. The first kappa shape index (κ1) is 20.0. The van der Waals surface area contributed by atoms with Crippen LogP contribution < -0.4 is 15.5 Å². The minimum atomic E-state index is 0.101. The lowest BCUT2D eigenvalue weighted by molar-refractivity contribution is 0.0372. The van der Waals surface area contributed by atoms with Crippen molar-refractivity contribution in [2.45, 2.75) is 12.5 Å². The summed E-state index contributed by atoms with van der Waals surface area (Å²) in [7, 11) is 0. The number of anilines is 2. The molecule has 2 fully saturated rings. The van der Waals surface area contributed by atoms with Gasteiger partial charge in [-0.1, -0.05) is 0 Å². The Balaban J connectivity index is 1.40. The van der Waals surface area contributed by atoms with E-state index in [1.165, 1.54) is 0 Å². The summed E-state index contributed by atoms with van der Waals surface area (Å²) >= 11 is 0. The van der Waals surface area contributed by atoms with E-state index < -0.39 is 0 Å². The van der Waals surface area contributed by atoms with Crippen molar-refractivity contribution in [3.63, 3.8) is 0 Å². The van der Waals surface area contributed by atoms with Crippen LogP contribution in [0.15, 0.2) is 36.8 Å². The normalized spacial score (nSPS) is 19.9. The van der Waals surface area contributed by atoms with Gasteiger partial charge in [-0.2, -0.15) is 0 Å². The number of fused-ring (bicyclic) bond motifs is 1. The maximum Gasteiger partial charge on any atom is 0.154 e. The first-order valence-corrected chi connectivity index (χ1v) is 10.8. The van der Waals surface area contributed by atoms with E-state index in [-0.39, 0.29) is 6.10 Å². The van der Waals surface area contributed by atoms with Crippen molar-refractivity contribution in [3.8, 4) is 11.3 Å². The largest absolute Gasteiger partial charge is 0.380 e. The molecule has 9 heteroatoms. The summed E-state index contributed by atoms with van der Waals surface area (Å²) in [6.07, 6.45) is 6.39. The van der Waals surface area contributed by atoms with Gasteiger partial charge in [0.05, 0.1) is 30.5 Å². The molecule has 0 aliphatic carbocycles. The van der Waals surface area contributed by atoms with Gasteiger partial charge in [0.25, 0.3) is 0 Å². The molecule has 5 heterocycles. The Hall–Kier alpha value is -2.88. The lowest BCUT2D eigenvalue weighted by Gasteiger charge is -2.24. The summed E-state index contributed by atoms with van der Waals surface area (Å²) in [5.41, 5.74) is 3.31. The molecule has 0 saturated carbocycles. The highest BCUT2D eigenvalue weighted by molar-refractivity contribution is 5.88. The lowest BCUT2D eigenvalue weighted by atomic mass is 10.1. The Bertz CT molecular complexity index is 1000. The van der Waals surface area contributed by atoms with Gasteiger partial charge in [0, 0.05) is 63.5 Å². The Morgan fingerprint density at radius 3 is 2.94 bits per heavy atom. The predicted molar refractivity (Wildman–Crippen MR) is 119 cm³/mol. The minimum absolute atomic E-state index is 0.101. The number of pyridine rings is 2. The Morgan fingerprint density at radius 1 is 1.10 bits per heavy atom. The maximum atomic E-state index is 5.79. The molecule has 1 atom stereocenters. The lowest BCUT2D eigenvalue weighted by Crippen LogP contribution is -2.42. The summed E-state index contributed by atoms with van der Waals surface area (Å²) in [4.78, 5) is 20.8. The minimum Gasteiger partial charge on any atom is -0.380 e. The summed E-state index contributed by atoms with van der Waals surface area (Å²) in [5.74, 6) is 1.68. The van der Waals surface area contributed by atoms with Gasteiger partial charge < -0.3 is 25.0 Å². The third-order valence-corrected chi connectivity index (χ3v) is 5.55. The number of aromatic nitrogens is 4. The second-order valence-electron chi connectivity index (χ2n) is 7.72. The van der Waals surface area contributed by atoms with E-state index in [1.54, 1.807) is 12.4 Å². The van der Waals surface area contributed by atoms with Crippen LogP contribution in [-0.4, -0.2) is 78.6 Å². The van der Waals surface area contributed by atoms with Gasteiger partial charge in [0.15, 0.2) is 5.82 Å². The van der Waals surface area contributed by atoms with E-state index in [0.29, 0.717) is 12.4 Å². The van der Waals surface area contributed by atoms with Gasteiger partial charge in [-0.05, 0) is 24.6 Å². The molecule has 3 aromatic rings. The second kappa shape index (κ2) is 9.51. The third kappa shape index (κ3) is 4.73. The van der Waals surface area contributed by atoms with Crippen LogP contribution in [0.3, 0.4) is 0 Å². The zero-order chi connectivity index (χ0) is 20.9. The zero-order valence-electron chi connectivity index (χ0n) is 17.5. The van der Waals surface area contributed by atoms with Crippen LogP contribution in [0.25, 0.3) is 22.3 Å². The third-order valence-electron chi connectivity index (χ3n) is 5.55. The van der Waals surface area contributed by atoms with E-state index in [4.69, 9.17) is 19.4 Å². The average molecular weight is 422 g/mol. The van der Waals surface area contributed by atoms with E-state index in [0.717, 1.165) is 80.5 Å². The SMILES string of the molecule is c1cnc2c(NCC3CNCCO3)nc(-c3ccc(N4CCCOCC4)nc3)cc2n1. The molecule has 0 bridgehead atoms. The molecule has 2 N–H and O–H groups in total. The molecule has 31 heavy (non-hydrogen) atoms. The molecule has 5 rings (SSSR count). The quantitative estimate of drug-likeness (QED) is 0.638. The molecule has 0 spiro atoms. The van der Waals surface area contributed by atoms with Crippen molar-refractivity contribution in [2.24, 2.45) is 0 Å². The van der Waals surface area contributed by atoms with E-state index >= 15 is 0 Å². The number of hydrogen-bond donors (Lipinski definition) is 2. The van der Waals surface area contributed by atoms with E-state index in [1.807, 2.05) is 12.3 Å². The molecule has 1 unspecified atom stereocenters. The van der Waals surface area contributed by atoms with Gasteiger partial charge in [-0.3, -0.25) is 4.98 Å². The van der Waals surface area contributed by atoms with Gasteiger partial charge in [-0.15, -0.1) is 0 Å². The Morgan fingerprint density at radius 2 is 2.06 bits per heavy atom. The molecule has 0 aromatic carbocycles. The maximum absolute atomic E-state index is 5.79. The molecule has 162 valence electrons. The Labute approximate surface area is 181 Å². The van der Waals surface area contributed by atoms with Gasteiger partial charge >= 0.3 is 0 Å². The number of nitrogens with zero attached hydrogens (tertiary/aromatic N) is 5. The molecular weight excluding hydrogens is 394 g/mol. The van der Waals surface area contributed by atoms with Gasteiger partial charge in [0.2, 0.25) is 0 Å². The first-order valence-electron chi connectivity index (χ1n) is 10.8. The number of hydrogen-bond acceptors (Lipinski definition) is 9. The van der Waals surface area contributed by atoms with E-state index in [2.05, 4.69) is 37.6 Å². The van der Waals surface area contributed by atoms with Gasteiger partial charge in [0.1, 0.15) is 11.3 Å². The van der Waals surface area contributed by atoms with Crippen molar-refractivity contribution in [1.29, 1.82) is 0 Å². The van der Waals surface area contributed by atoms with Gasteiger partial charge in [-0.25, -0.2) is 15.0 Å². The van der Waals surface area contributed by atoms with Crippen molar-refractivity contribution < 1.29 is 9.47 Å². The number of nitrogens with one attached hydrogen (secondary N) is 2. The van der Waals surface area contributed by atoms with Crippen LogP contribution in [-0.2, 0) is 9.47 Å². The first-order chi connectivity index (χ1) is 15.4.